The second-order valence-corrected chi connectivity index (χ2v) is 1.78. The number of carboxylic acids is 2. The number of nitrogens with zero attached hydrogens (tertiary/aromatic N) is 1. The van der Waals surface area contributed by atoms with Crippen molar-refractivity contribution in [3.05, 3.63) is 30.6 Å². The highest BCUT2D eigenvalue weighted by molar-refractivity contribution is 5.89. The van der Waals surface area contributed by atoms with Gasteiger partial charge in [-0.1, -0.05) is 0 Å². The van der Waals surface area contributed by atoms with E-state index in [1.165, 1.54) is 0 Å². The number of aromatic amines is 1. The Balaban J connectivity index is 0.000000243. The molecule has 1 aromatic heterocycles. The Morgan fingerprint density at radius 2 is 1.77 bits per heavy atom. The first-order chi connectivity index (χ1) is 6.13. The average Bonchev–Trinajstić information content (AvgIpc) is 2.57. The van der Waals surface area contributed by atoms with E-state index in [2.05, 4.69) is 10.2 Å². The number of nitrogens with one attached hydrogen (secondary N) is 1. The van der Waals surface area contributed by atoms with Crippen molar-refractivity contribution in [2.45, 2.75) is 0 Å². The number of rotatable bonds is 2. The fraction of sp³-hybridized carbons (Fsp3) is 0. The van der Waals surface area contributed by atoms with Gasteiger partial charge in [0.25, 0.3) is 0 Å². The molecule has 6 heteroatoms. The lowest BCUT2D eigenvalue weighted by atomic mass is 10.5. The molecule has 0 radical (unpaired) electrons. The molecule has 13 heavy (non-hydrogen) atoms. The molecule has 0 fully saturated rings. The standard InChI is InChI=1S/C4H4O4.C3H4N2/c5-3(6)1-2-4(7)8;1-2-4-5-3-1/h1-2H,(H,5,6)(H,7,8);1-3H,(H,4,5)/b2-1+;. The summed E-state index contributed by atoms with van der Waals surface area (Å²) < 4.78 is 0. The van der Waals surface area contributed by atoms with Gasteiger partial charge in [-0.15, -0.1) is 0 Å². The van der Waals surface area contributed by atoms with Gasteiger partial charge in [0.15, 0.2) is 0 Å². The lowest BCUT2D eigenvalue weighted by Gasteiger charge is -1.74. The Morgan fingerprint density at radius 3 is 1.92 bits per heavy atom. The summed E-state index contributed by atoms with van der Waals surface area (Å²) in [6.07, 6.45) is 4.57. The molecule has 0 bridgehead atoms. The third kappa shape index (κ3) is 9.89. The second kappa shape index (κ2) is 6.59. The first kappa shape index (κ1) is 10.9. The van der Waals surface area contributed by atoms with Crippen LogP contribution < -0.4 is 0 Å². The number of hydrogen-bond acceptors (Lipinski definition) is 3. The lowest BCUT2D eigenvalue weighted by molar-refractivity contribution is -0.134. The van der Waals surface area contributed by atoms with Crippen LogP contribution in [-0.2, 0) is 9.59 Å². The van der Waals surface area contributed by atoms with Crippen molar-refractivity contribution >= 4 is 11.9 Å². The molecule has 0 saturated heterocycles. The highest BCUT2D eigenvalue weighted by Gasteiger charge is 1.88. The Morgan fingerprint density at radius 1 is 1.23 bits per heavy atom. The smallest absolute Gasteiger partial charge is 0.328 e. The molecule has 1 aromatic rings. The van der Waals surface area contributed by atoms with E-state index in [0.717, 1.165) is 0 Å². The molecule has 3 N–H and O–H groups in total. The highest BCUT2D eigenvalue weighted by atomic mass is 16.4. The van der Waals surface area contributed by atoms with Crippen LogP contribution in [0.5, 0.6) is 0 Å². The van der Waals surface area contributed by atoms with Crippen LogP contribution in [0.3, 0.4) is 0 Å². The van der Waals surface area contributed by atoms with E-state index in [0.29, 0.717) is 12.2 Å². The molecule has 6 nitrogen and oxygen atoms in total. The van der Waals surface area contributed by atoms with E-state index in [4.69, 9.17) is 10.2 Å². The van der Waals surface area contributed by atoms with Crippen LogP contribution in [0.15, 0.2) is 30.6 Å². The molecule has 0 amide bonds. The van der Waals surface area contributed by atoms with Gasteiger partial charge >= 0.3 is 11.9 Å². The van der Waals surface area contributed by atoms with E-state index in [9.17, 15) is 9.59 Å². The van der Waals surface area contributed by atoms with Gasteiger partial charge in [-0.2, -0.15) is 5.10 Å². The largest absolute Gasteiger partial charge is 0.478 e. The molecular formula is C7H8N2O4. The van der Waals surface area contributed by atoms with E-state index in [1.807, 2.05) is 6.07 Å². The van der Waals surface area contributed by atoms with Gasteiger partial charge in [0.1, 0.15) is 0 Å². The molecule has 0 aliphatic carbocycles. The summed E-state index contributed by atoms with van der Waals surface area (Å²) >= 11 is 0. The number of aliphatic carboxylic acids is 2. The van der Waals surface area contributed by atoms with Crippen molar-refractivity contribution in [2.75, 3.05) is 0 Å². The minimum Gasteiger partial charge on any atom is -0.478 e. The molecule has 1 heterocycles. The zero-order chi connectivity index (χ0) is 10.1. The van der Waals surface area contributed by atoms with Gasteiger partial charge in [-0.25, -0.2) is 9.59 Å². The minimum atomic E-state index is -1.26. The van der Waals surface area contributed by atoms with E-state index < -0.39 is 11.9 Å². The van der Waals surface area contributed by atoms with Crippen molar-refractivity contribution in [1.82, 2.24) is 10.2 Å². The van der Waals surface area contributed by atoms with Crippen molar-refractivity contribution in [1.29, 1.82) is 0 Å². The summed E-state index contributed by atoms with van der Waals surface area (Å²) in [5.74, 6) is -2.51. The summed E-state index contributed by atoms with van der Waals surface area (Å²) in [7, 11) is 0. The SMILES string of the molecule is O=C(O)/C=C/C(=O)O.c1cn[nH]c1. The molecule has 0 saturated carbocycles. The first-order valence-corrected chi connectivity index (χ1v) is 3.20. The van der Waals surface area contributed by atoms with Gasteiger partial charge < -0.3 is 10.2 Å². The van der Waals surface area contributed by atoms with Gasteiger partial charge in [0.2, 0.25) is 0 Å². The van der Waals surface area contributed by atoms with Crippen molar-refractivity contribution in [3.63, 3.8) is 0 Å². The van der Waals surface area contributed by atoms with Gasteiger partial charge in [-0.3, -0.25) is 5.10 Å². The fourth-order valence-electron chi connectivity index (χ4n) is 0.358. The molecule has 70 valence electrons. The van der Waals surface area contributed by atoms with Crippen LogP contribution in [0.1, 0.15) is 0 Å². The van der Waals surface area contributed by atoms with E-state index in [-0.39, 0.29) is 0 Å². The summed E-state index contributed by atoms with van der Waals surface area (Å²) in [4.78, 5) is 19.1. The number of aromatic nitrogens is 2. The monoisotopic (exact) mass is 184 g/mol. The molecule has 0 aromatic carbocycles. The third-order valence-electron chi connectivity index (χ3n) is 0.774. The Kier molecular flexibility index (Phi) is 5.52. The maximum absolute atomic E-state index is 9.55. The number of H-pyrrole nitrogens is 1. The quantitative estimate of drug-likeness (QED) is 0.566. The molecule has 1 rings (SSSR count). The average molecular weight is 184 g/mol. The van der Waals surface area contributed by atoms with Gasteiger partial charge in [0, 0.05) is 24.5 Å². The van der Waals surface area contributed by atoms with Crippen LogP contribution in [0, 0.1) is 0 Å². The van der Waals surface area contributed by atoms with Crippen molar-refractivity contribution in [3.8, 4) is 0 Å². The predicted molar refractivity (Wildman–Crippen MR) is 43.0 cm³/mol. The molecule has 0 spiro atoms. The maximum atomic E-state index is 9.55. The summed E-state index contributed by atoms with van der Waals surface area (Å²) in [5, 5.41) is 21.8. The molecule has 0 unspecified atom stereocenters. The fourth-order valence-corrected chi connectivity index (χ4v) is 0.358. The number of hydrogen-bond donors (Lipinski definition) is 3. The first-order valence-electron chi connectivity index (χ1n) is 3.20. The number of carboxylic acid groups (broad SMARTS) is 2. The maximum Gasteiger partial charge on any atom is 0.328 e. The van der Waals surface area contributed by atoms with Gasteiger partial charge in [-0.05, 0) is 6.07 Å². The molecule has 0 aliphatic rings. The predicted octanol–water partition coefficient (Wildman–Crippen LogP) is 0.121. The van der Waals surface area contributed by atoms with Gasteiger partial charge in [0.05, 0.1) is 0 Å². The zero-order valence-electron chi connectivity index (χ0n) is 6.54. The van der Waals surface area contributed by atoms with Crippen LogP contribution in [0.4, 0.5) is 0 Å². The Bertz CT molecular complexity index is 245. The van der Waals surface area contributed by atoms with E-state index >= 15 is 0 Å². The number of carbonyl (C=O) groups is 2. The van der Waals surface area contributed by atoms with Crippen molar-refractivity contribution < 1.29 is 19.8 Å². The second-order valence-electron chi connectivity index (χ2n) is 1.78. The third-order valence-corrected chi connectivity index (χ3v) is 0.774. The molecule has 0 aliphatic heterocycles. The van der Waals surface area contributed by atoms with Crippen molar-refractivity contribution in [2.24, 2.45) is 0 Å². The van der Waals surface area contributed by atoms with E-state index in [1.54, 1.807) is 12.4 Å². The summed E-state index contributed by atoms with van der Waals surface area (Å²) in [6, 6.07) is 1.83. The molecular weight excluding hydrogens is 176 g/mol. The highest BCUT2D eigenvalue weighted by Crippen LogP contribution is 1.70. The zero-order valence-corrected chi connectivity index (χ0v) is 6.54. The normalized spacial score (nSPS) is 8.92. The van der Waals surface area contributed by atoms with Crippen LogP contribution in [0.25, 0.3) is 0 Å². The Labute approximate surface area is 73.5 Å². The molecule has 0 atom stereocenters. The van der Waals surface area contributed by atoms with Crippen LogP contribution >= 0.6 is 0 Å². The summed E-state index contributed by atoms with van der Waals surface area (Å²) in [6.45, 7) is 0. The topological polar surface area (TPSA) is 103 Å². The lowest BCUT2D eigenvalue weighted by Crippen LogP contribution is -1.91. The van der Waals surface area contributed by atoms with Crippen LogP contribution in [0.2, 0.25) is 0 Å². The summed E-state index contributed by atoms with van der Waals surface area (Å²) in [5.41, 5.74) is 0. The Hall–Kier alpha value is -2.11. The van der Waals surface area contributed by atoms with Crippen LogP contribution in [-0.4, -0.2) is 32.3 Å². The minimum absolute atomic E-state index is 0.558.